The minimum atomic E-state index is -1.00. The first-order chi connectivity index (χ1) is 11.4. The maximum Gasteiger partial charge on any atom is 0.253 e. The lowest BCUT2D eigenvalue weighted by Gasteiger charge is -2.39. The number of likely N-dealkylation sites (N-methyl/N-ethyl adjacent to an activating group) is 1. The van der Waals surface area contributed by atoms with Gasteiger partial charge in [0.05, 0.1) is 31.0 Å². The molecular weight excluding hydrogens is 308 g/mol. The molecule has 1 aliphatic heterocycles. The second-order valence-electron chi connectivity index (χ2n) is 6.22. The molecule has 0 saturated carbocycles. The second kappa shape index (κ2) is 6.24. The number of fused-ring (bicyclic) bond motifs is 1. The summed E-state index contributed by atoms with van der Waals surface area (Å²) < 4.78 is 7.54. The van der Waals surface area contributed by atoms with Crippen molar-refractivity contribution in [3.05, 3.63) is 35.8 Å². The number of nitrogens with zero attached hydrogens (tertiary/aromatic N) is 3. The van der Waals surface area contributed by atoms with Crippen LogP contribution in [0.3, 0.4) is 0 Å². The van der Waals surface area contributed by atoms with Crippen LogP contribution in [0.2, 0.25) is 0 Å². The predicted octanol–water partition coefficient (Wildman–Crippen LogP) is 0.549. The van der Waals surface area contributed by atoms with E-state index in [4.69, 9.17) is 4.74 Å². The number of carbonyl (C=O) groups excluding carboxylic acids is 2. The normalized spacial score (nSPS) is 21.0. The highest BCUT2D eigenvalue weighted by Crippen LogP contribution is 2.20. The molecule has 128 valence electrons. The van der Waals surface area contributed by atoms with Gasteiger partial charge in [-0.2, -0.15) is 0 Å². The lowest BCUT2D eigenvalue weighted by atomic mass is 10.0. The summed E-state index contributed by atoms with van der Waals surface area (Å²) in [7, 11) is 1.57. The number of rotatable bonds is 3. The fourth-order valence-corrected chi connectivity index (χ4v) is 3.12. The molecule has 2 aromatic rings. The number of ether oxygens (including phenoxy) is 1. The van der Waals surface area contributed by atoms with Gasteiger partial charge in [-0.3, -0.25) is 9.59 Å². The van der Waals surface area contributed by atoms with Crippen LogP contribution in [0.5, 0.6) is 0 Å². The lowest BCUT2D eigenvalue weighted by molar-refractivity contribution is -0.162. The van der Waals surface area contributed by atoms with E-state index >= 15 is 0 Å². The van der Waals surface area contributed by atoms with E-state index in [1.807, 2.05) is 35.7 Å². The van der Waals surface area contributed by atoms with Crippen molar-refractivity contribution in [1.82, 2.24) is 19.6 Å². The van der Waals surface area contributed by atoms with Crippen molar-refractivity contribution in [1.29, 1.82) is 0 Å². The Morgan fingerprint density at radius 2 is 2.21 bits per heavy atom. The van der Waals surface area contributed by atoms with Crippen LogP contribution in [0.25, 0.3) is 5.65 Å². The fourth-order valence-electron chi connectivity index (χ4n) is 3.12. The van der Waals surface area contributed by atoms with E-state index in [9.17, 15) is 9.59 Å². The van der Waals surface area contributed by atoms with Gasteiger partial charge in [-0.05, 0) is 26.0 Å². The maximum absolute atomic E-state index is 12.8. The highest BCUT2D eigenvalue weighted by atomic mass is 16.5. The molecule has 3 rings (SSSR count). The van der Waals surface area contributed by atoms with Gasteiger partial charge in [-0.25, -0.2) is 4.98 Å². The van der Waals surface area contributed by atoms with E-state index in [2.05, 4.69) is 10.3 Å². The zero-order valence-corrected chi connectivity index (χ0v) is 14.2. The van der Waals surface area contributed by atoms with Crippen LogP contribution >= 0.6 is 0 Å². The molecule has 3 heterocycles. The molecule has 24 heavy (non-hydrogen) atoms. The minimum Gasteiger partial charge on any atom is -0.362 e. The number of aryl methyl sites for hydroxylation is 1. The Labute approximate surface area is 140 Å². The molecule has 0 aliphatic carbocycles. The van der Waals surface area contributed by atoms with Crippen molar-refractivity contribution >= 4 is 17.5 Å². The monoisotopic (exact) mass is 330 g/mol. The molecule has 7 heteroatoms. The van der Waals surface area contributed by atoms with Crippen molar-refractivity contribution in [2.24, 2.45) is 0 Å². The topological polar surface area (TPSA) is 75.9 Å². The first-order valence-electron chi connectivity index (χ1n) is 8.01. The Hall–Kier alpha value is -2.41. The van der Waals surface area contributed by atoms with Crippen LogP contribution in [-0.4, -0.2) is 58.4 Å². The Morgan fingerprint density at radius 1 is 1.42 bits per heavy atom. The minimum absolute atomic E-state index is 0.0258. The number of pyridine rings is 1. The smallest absolute Gasteiger partial charge is 0.253 e. The van der Waals surface area contributed by atoms with Gasteiger partial charge < -0.3 is 19.4 Å². The molecule has 0 unspecified atom stereocenters. The van der Waals surface area contributed by atoms with Gasteiger partial charge >= 0.3 is 0 Å². The number of aromatic nitrogens is 2. The molecule has 0 spiro atoms. The molecule has 1 atom stereocenters. The van der Waals surface area contributed by atoms with Crippen LogP contribution in [0.15, 0.2) is 24.4 Å². The first kappa shape index (κ1) is 16.4. The van der Waals surface area contributed by atoms with Crippen LogP contribution in [0.4, 0.5) is 0 Å². The fraction of sp³-hybridized carbons (Fsp3) is 0.471. The van der Waals surface area contributed by atoms with Gasteiger partial charge in [0.25, 0.3) is 5.91 Å². The van der Waals surface area contributed by atoms with E-state index in [-0.39, 0.29) is 24.8 Å². The van der Waals surface area contributed by atoms with Crippen LogP contribution in [-0.2, 0) is 20.7 Å². The molecule has 1 N–H and O–H groups in total. The highest BCUT2D eigenvalue weighted by molar-refractivity contribution is 5.86. The average molecular weight is 330 g/mol. The molecule has 1 saturated heterocycles. The SMILES string of the molecule is CNC(=O)[C@@]1(C)CN(C(=O)Cc2c(C)nc3ccccn23)CCO1. The highest BCUT2D eigenvalue weighted by Gasteiger charge is 2.40. The van der Waals surface area contributed by atoms with Crippen LogP contribution in [0.1, 0.15) is 18.3 Å². The molecule has 2 aromatic heterocycles. The number of carbonyl (C=O) groups is 2. The van der Waals surface area contributed by atoms with Crippen molar-refractivity contribution in [3.8, 4) is 0 Å². The zero-order valence-electron chi connectivity index (χ0n) is 14.2. The summed E-state index contributed by atoms with van der Waals surface area (Å²) in [4.78, 5) is 31.0. The third kappa shape index (κ3) is 2.87. The number of amides is 2. The predicted molar refractivity (Wildman–Crippen MR) is 88.6 cm³/mol. The summed E-state index contributed by atoms with van der Waals surface area (Å²) in [6, 6.07) is 5.75. The quantitative estimate of drug-likeness (QED) is 0.892. The summed E-state index contributed by atoms with van der Waals surface area (Å²) in [5.41, 5.74) is 1.55. The van der Waals surface area contributed by atoms with Crippen LogP contribution < -0.4 is 5.32 Å². The maximum atomic E-state index is 12.8. The molecule has 0 aromatic carbocycles. The average Bonchev–Trinajstić information content (AvgIpc) is 2.90. The van der Waals surface area contributed by atoms with Gasteiger partial charge in [0.2, 0.25) is 5.91 Å². The Bertz CT molecular complexity index is 785. The Balaban J connectivity index is 1.79. The van der Waals surface area contributed by atoms with Crippen molar-refractivity contribution < 1.29 is 14.3 Å². The molecule has 0 bridgehead atoms. The number of morpholine rings is 1. The van der Waals surface area contributed by atoms with E-state index < -0.39 is 5.60 Å². The van der Waals surface area contributed by atoms with E-state index in [1.54, 1.807) is 18.9 Å². The molecule has 1 aliphatic rings. The van der Waals surface area contributed by atoms with E-state index in [1.165, 1.54) is 0 Å². The summed E-state index contributed by atoms with van der Waals surface area (Å²) in [5.74, 6) is -0.242. The first-order valence-corrected chi connectivity index (χ1v) is 8.01. The third-order valence-electron chi connectivity index (χ3n) is 4.48. The van der Waals surface area contributed by atoms with Crippen molar-refractivity contribution in [3.63, 3.8) is 0 Å². The summed E-state index contributed by atoms with van der Waals surface area (Å²) in [6.07, 6.45) is 2.16. The van der Waals surface area contributed by atoms with Crippen molar-refractivity contribution in [2.45, 2.75) is 25.9 Å². The number of hydrogen-bond donors (Lipinski definition) is 1. The second-order valence-corrected chi connectivity index (χ2v) is 6.22. The van der Waals surface area contributed by atoms with Gasteiger partial charge in [-0.15, -0.1) is 0 Å². The van der Waals surface area contributed by atoms with E-state index in [0.717, 1.165) is 17.0 Å². The van der Waals surface area contributed by atoms with Gasteiger partial charge in [0.15, 0.2) is 5.60 Å². The van der Waals surface area contributed by atoms with Gasteiger partial charge in [-0.1, -0.05) is 6.07 Å². The zero-order chi connectivity index (χ0) is 17.3. The largest absolute Gasteiger partial charge is 0.362 e. The molecule has 0 radical (unpaired) electrons. The van der Waals surface area contributed by atoms with E-state index in [0.29, 0.717) is 13.2 Å². The lowest BCUT2D eigenvalue weighted by Crippen LogP contribution is -2.59. The van der Waals surface area contributed by atoms with Crippen molar-refractivity contribution in [2.75, 3.05) is 26.7 Å². The third-order valence-corrected chi connectivity index (χ3v) is 4.48. The van der Waals surface area contributed by atoms with Gasteiger partial charge in [0, 0.05) is 19.8 Å². The molecule has 1 fully saturated rings. The molecule has 7 nitrogen and oxygen atoms in total. The molecule has 2 amide bonds. The number of imidazole rings is 1. The standard InChI is InChI=1S/C17H22N4O3/c1-12-13(21-7-5-4-6-14(21)19-12)10-15(22)20-8-9-24-17(2,11-20)16(23)18-3/h4-7H,8-11H2,1-3H3,(H,18,23)/t17-/m1/s1. The Kier molecular flexibility index (Phi) is 4.28. The molecular formula is C17H22N4O3. The number of hydrogen-bond acceptors (Lipinski definition) is 4. The summed E-state index contributed by atoms with van der Waals surface area (Å²) in [6.45, 7) is 4.71. The Morgan fingerprint density at radius 3 is 2.96 bits per heavy atom. The van der Waals surface area contributed by atoms with Gasteiger partial charge in [0.1, 0.15) is 5.65 Å². The summed E-state index contributed by atoms with van der Waals surface area (Å²) in [5, 5.41) is 2.60. The number of nitrogens with one attached hydrogen (secondary N) is 1. The summed E-state index contributed by atoms with van der Waals surface area (Å²) >= 11 is 0. The van der Waals surface area contributed by atoms with Crippen LogP contribution in [0, 0.1) is 6.92 Å².